The number of carbonyl (C=O) groups excluding carboxylic acids is 1. The summed E-state index contributed by atoms with van der Waals surface area (Å²) in [5.41, 5.74) is 0. The van der Waals surface area contributed by atoms with Gasteiger partial charge in [-0.15, -0.1) is 0 Å². The fourth-order valence-electron chi connectivity index (χ4n) is 0.837. The number of hydrogen-bond acceptors (Lipinski definition) is 2. The minimum absolute atomic E-state index is 0.0871. The SMILES string of the molecule is CCC(CC(=O)O)C(=O)NC. The Morgan fingerprint density at radius 1 is 1.55 bits per heavy atom. The van der Waals surface area contributed by atoms with Crippen molar-refractivity contribution in [3.63, 3.8) is 0 Å². The van der Waals surface area contributed by atoms with Gasteiger partial charge < -0.3 is 10.4 Å². The normalized spacial score (nSPS) is 12.2. The topological polar surface area (TPSA) is 66.4 Å². The van der Waals surface area contributed by atoms with Crippen LogP contribution in [0.4, 0.5) is 0 Å². The van der Waals surface area contributed by atoms with E-state index in [9.17, 15) is 9.59 Å². The molecule has 0 rings (SSSR count). The van der Waals surface area contributed by atoms with E-state index in [1.165, 1.54) is 7.05 Å². The van der Waals surface area contributed by atoms with Crippen molar-refractivity contribution in [1.29, 1.82) is 0 Å². The largest absolute Gasteiger partial charge is 0.481 e. The molecule has 11 heavy (non-hydrogen) atoms. The molecule has 0 spiro atoms. The molecule has 0 bridgehead atoms. The van der Waals surface area contributed by atoms with Crippen molar-refractivity contribution in [1.82, 2.24) is 5.32 Å². The molecule has 0 aromatic carbocycles. The number of carboxylic acids is 1. The summed E-state index contributed by atoms with van der Waals surface area (Å²) < 4.78 is 0. The Hall–Kier alpha value is -1.06. The first-order valence-corrected chi connectivity index (χ1v) is 3.55. The molecule has 0 saturated heterocycles. The molecule has 0 fully saturated rings. The van der Waals surface area contributed by atoms with Crippen LogP contribution in [-0.2, 0) is 9.59 Å². The molecule has 1 amide bonds. The first-order chi connectivity index (χ1) is 5.11. The smallest absolute Gasteiger partial charge is 0.304 e. The van der Waals surface area contributed by atoms with Gasteiger partial charge in [0.1, 0.15) is 0 Å². The molecule has 4 heteroatoms. The van der Waals surface area contributed by atoms with E-state index >= 15 is 0 Å². The van der Waals surface area contributed by atoms with Gasteiger partial charge >= 0.3 is 5.97 Å². The van der Waals surface area contributed by atoms with Crippen LogP contribution in [-0.4, -0.2) is 24.0 Å². The van der Waals surface area contributed by atoms with Gasteiger partial charge in [-0.25, -0.2) is 0 Å². The second-order valence-electron chi connectivity index (χ2n) is 2.32. The van der Waals surface area contributed by atoms with Crippen LogP contribution >= 0.6 is 0 Å². The highest BCUT2D eigenvalue weighted by Gasteiger charge is 2.17. The Kier molecular flexibility index (Phi) is 4.26. The van der Waals surface area contributed by atoms with Gasteiger partial charge in [0.15, 0.2) is 0 Å². The van der Waals surface area contributed by atoms with Crippen molar-refractivity contribution in [2.45, 2.75) is 19.8 Å². The molecule has 4 nitrogen and oxygen atoms in total. The van der Waals surface area contributed by atoms with Crippen molar-refractivity contribution in [2.24, 2.45) is 5.92 Å². The van der Waals surface area contributed by atoms with Gasteiger partial charge in [-0.2, -0.15) is 0 Å². The predicted octanol–water partition coefficient (Wildman–Crippen LogP) is 0.233. The van der Waals surface area contributed by atoms with Crippen LogP contribution in [0, 0.1) is 5.92 Å². The predicted molar refractivity (Wildman–Crippen MR) is 40.1 cm³/mol. The monoisotopic (exact) mass is 159 g/mol. The molecule has 0 heterocycles. The lowest BCUT2D eigenvalue weighted by Gasteiger charge is -2.09. The van der Waals surface area contributed by atoms with Gasteiger partial charge in [0.2, 0.25) is 5.91 Å². The molecule has 1 atom stereocenters. The van der Waals surface area contributed by atoms with Crippen molar-refractivity contribution in [3.8, 4) is 0 Å². The zero-order chi connectivity index (χ0) is 8.85. The van der Waals surface area contributed by atoms with Crippen LogP contribution in [0.3, 0.4) is 0 Å². The van der Waals surface area contributed by atoms with E-state index in [0.717, 1.165) is 0 Å². The Morgan fingerprint density at radius 2 is 2.09 bits per heavy atom. The summed E-state index contributed by atoms with van der Waals surface area (Å²) in [6.45, 7) is 1.79. The van der Waals surface area contributed by atoms with Crippen LogP contribution < -0.4 is 5.32 Å². The van der Waals surface area contributed by atoms with Crippen molar-refractivity contribution in [2.75, 3.05) is 7.05 Å². The van der Waals surface area contributed by atoms with Crippen LogP contribution in [0.15, 0.2) is 0 Å². The van der Waals surface area contributed by atoms with Gasteiger partial charge in [0.25, 0.3) is 0 Å². The third-order valence-corrected chi connectivity index (χ3v) is 1.53. The molecule has 0 aromatic heterocycles. The molecule has 0 aromatic rings. The maximum atomic E-state index is 10.9. The van der Waals surface area contributed by atoms with Gasteiger partial charge in [0.05, 0.1) is 6.42 Å². The first kappa shape index (κ1) is 9.94. The second kappa shape index (κ2) is 4.71. The minimum Gasteiger partial charge on any atom is -0.481 e. The highest BCUT2D eigenvalue weighted by atomic mass is 16.4. The maximum absolute atomic E-state index is 10.9. The Morgan fingerprint density at radius 3 is 2.36 bits per heavy atom. The summed E-state index contributed by atoms with van der Waals surface area (Å²) in [5, 5.41) is 10.8. The van der Waals surface area contributed by atoms with Gasteiger partial charge in [0, 0.05) is 13.0 Å². The molecule has 1 unspecified atom stereocenters. The number of amides is 1. The number of carbonyl (C=O) groups is 2. The van der Waals surface area contributed by atoms with Crippen LogP contribution in [0.2, 0.25) is 0 Å². The summed E-state index contributed by atoms with van der Waals surface area (Å²) in [6, 6.07) is 0. The Labute approximate surface area is 65.6 Å². The quantitative estimate of drug-likeness (QED) is 0.617. The van der Waals surface area contributed by atoms with E-state index in [1.807, 2.05) is 0 Å². The van der Waals surface area contributed by atoms with Crippen molar-refractivity contribution < 1.29 is 14.7 Å². The molecular weight excluding hydrogens is 146 g/mol. The minimum atomic E-state index is -0.930. The summed E-state index contributed by atoms with van der Waals surface area (Å²) in [4.78, 5) is 21.1. The summed E-state index contributed by atoms with van der Waals surface area (Å²) >= 11 is 0. The van der Waals surface area contributed by atoms with Gasteiger partial charge in [-0.05, 0) is 6.42 Å². The van der Waals surface area contributed by atoms with Crippen LogP contribution in [0.25, 0.3) is 0 Å². The standard InChI is InChI=1S/C7H13NO3/c1-3-5(4-6(9)10)7(11)8-2/h5H,3-4H2,1-2H3,(H,8,11)(H,9,10). The summed E-state index contributed by atoms with van der Waals surface area (Å²) in [5.74, 6) is -1.52. The van der Waals surface area contributed by atoms with E-state index in [-0.39, 0.29) is 12.3 Å². The number of hydrogen-bond donors (Lipinski definition) is 2. The van der Waals surface area contributed by atoms with E-state index in [2.05, 4.69) is 5.32 Å². The highest BCUT2D eigenvalue weighted by molar-refractivity contribution is 5.82. The zero-order valence-electron chi connectivity index (χ0n) is 6.76. The van der Waals surface area contributed by atoms with Crippen LogP contribution in [0.5, 0.6) is 0 Å². The molecule has 0 saturated carbocycles. The third kappa shape index (κ3) is 3.60. The fourth-order valence-corrected chi connectivity index (χ4v) is 0.837. The lowest BCUT2D eigenvalue weighted by Crippen LogP contribution is -2.28. The zero-order valence-corrected chi connectivity index (χ0v) is 6.76. The number of nitrogens with one attached hydrogen (secondary N) is 1. The molecule has 0 aliphatic rings. The maximum Gasteiger partial charge on any atom is 0.304 e. The Bertz CT molecular complexity index is 156. The van der Waals surface area contributed by atoms with Gasteiger partial charge in [-0.3, -0.25) is 9.59 Å². The lowest BCUT2D eigenvalue weighted by atomic mass is 10.0. The number of rotatable bonds is 4. The molecular formula is C7H13NO3. The van der Waals surface area contributed by atoms with Crippen molar-refractivity contribution in [3.05, 3.63) is 0 Å². The average molecular weight is 159 g/mol. The number of carboxylic acid groups (broad SMARTS) is 1. The third-order valence-electron chi connectivity index (χ3n) is 1.53. The van der Waals surface area contributed by atoms with E-state index < -0.39 is 11.9 Å². The number of aliphatic carboxylic acids is 1. The van der Waals surface area contributed by atoms with Crippen LogP contribution in [0.1, 0.15) is 19.8 Å². The molecule has 0 aliphatic carbocycles. The van der Waals surface area contributed by atoms with E-state index in [0.29, 0.717) is 6.42 Å². The lowest BCUT2D eigenvalue weighted by molar-refractivity contribution is -0.141. The molecule has 0 aliphatic heterocycles. The van der Waals surface area contributed by atoms with E-state index in [4.69, 9.17) is 5.11 Å². The Balaban J connectivity index is 3.94. The highest BCUT2D eigenvalue weighted by Crippen LogP contribution is 2.07. The van der Waals surface area contributed by atoms with E-state index in [1.54, 1.807) is 6.92 Å². The molecule has 0 radical (unpaired) electrons. The molecule has 2 N–H and O–H groups in total. The average Bonchev–Trinajstić information content (AvgIpc) is 1.98. The second-order valence-corrected chi connectivity index (χ2v) is 2.32. The molecule has 64 valence electrons. The van der Waals surface area contributed by atoms with Gasteiger partial charge in [-0.1, -0.05) is 6.92 Å². The first-order valence-electron chi connectivity index (χ1n) is 3.55. The van der Waals surface area contributed by atoms with Crippen molar-refractivity contribution >= 4 is 11.9 Å². The summed E-state index contributed by atoms with van der Waals surface area (Å²) in [6.07, 6.45) is 0.474. The fraction of sp³-hybridized carbons (Fsp3) is 0.714. The summed E-state index contributed by atoms with van der Waals surface area (Å²) in [7, 11) is 1.51.